The summed E-state index contributed by atoms with van der Waals surface area (Å²) in [6.45, 7) is 0. The molecule has 4 nitrogen and oxygen atoms in total. The highest BCUT2D eigenvalue weighted by atomic mass is 32.1. The molecule has 0 fully saturated rings. The third kappa shape index (κ3) is 2.87. The van der Waals surface area contributed by atoms with Gasteiger partial charge in [0.1, 0.15) is 5.00 Å². The Morgan fingerprint density at radius 2 is 2.00 bits per heavy atom. The molecule has 6 heteroatoms. The summed E-state index contributed by atoms with van der Waals surface area (Å²) in [5, 5.41) is 5.32. The predicted molar refractivity (Wildman–Crippen MR) is 86.4 cm³/mol. The van der Waals surface area contributed by atoms with E-state index in [-0.39, 0.29) is 5.91 Å². The minimum Gasteiger partial charge on any atom is -0.365 e. The van der Waals surface area contributed by atoms with Crippen molar-refractivity contribution in [3.63, 3.8) is 0 Å². The number of rotatable bonds is 3. The lowest BCUT2D eigenvalue weighted by Crippen LogP contribution is -2.17. The van der Waals surface area contributed by atoms with Crippen LogP contribution in [0.4, 0.5) is 5.00 Å². The van der Waals surface area contributed by atoms with E-state index in [2.05, 4.69) is 5.32 Å². The highest BCUT2D eigenvalue weighted by Gasteiger charge is 2.24. The second-order valence-electron chi connectivity index (χ2n) is 5.06. The van der Waals surface area contributed by atoms with Crippen LogP contribution in [0.2, 0.25) is 0 Å². The van der Waals surface area contributed by atoms with Gasteiger partial charge in [0, 0.05) is 4.88 Å². The van der Waals surface area contributed by atoms with Crippen molar-refractivity contribution >= 4 is 39.5 Å². The summed E-state index contributed by atoms with van der Waals surface area (Å²) in [7, 11) is 0. The monoisotopic (exact) mass is 320 g/mol. The van der Waals surface area contributed by atoms with Crippen LogP contribution in [0, 0.1) is 0 Å². The van der Waals surface area contributed by atoms with Crippen LogP contribution in [-0.4, -0.2) is 11.8 Å². The molecule has 0 spiro atoms. The van der Waals surface area contributed by atoms with Crippen LogP contribution >= 0.6 is 22.7 Å². The van der Waals surface area contributed by atoms with Crippen LogP contribution < -0.4 is 11.1 Å². The standard InChI is InChI=1S/C15H16N2O2S2/c16-13(18)12-9-5-2-1-3-6-10(9)21-15(12)17-14(19)11-7-4-8-20-11/h4,7-8H,1-3,5-6H2,(H2,16,18)(H,17,19). The maximum Gasteiger partial charge on any atom is 0.266 e. The molecule has 2 amide bonds. The van der Waals surface area contributed by atoms with E-state index in [1.165, 1.54) is 34.0 Å². The van der Waals surface area contributed by atoms with Gasteiger partial charge in [0.25, 0.3) is 11.8 Å². The average molecular weight is 320 g/mol. The van der Waals surface area contributed by atoms with Gasteiger partial charge in [-0.3, -0.25) is 9.59 Å². The first-order valence-electron chi connectivity index (χ1n) is 6.96. The van der Waals surface area contributed by atoms with Gasteiger partial charge in [0.05, 0.1) is 10.4 Å². The number of anilines is 1. The molecule has 0 radical (unpaired) electrons. The van der Waals surface area contributed by atoms with Gasteiger partial charge in [-0.15, -0.1) is 22.7 Å². The van der Waals surface area contributed by atoms with E-state index in [0.29, 0.717) is 15.4 Å². The lowest BCUT2D eigenvalue weighted by atomic mass is 10.1. The number of nitrogens with one attached hydrogen (secondary N) is 1. The van der Waals surface area contributed by atoms with Gasteiger partial charge in [0.15, 0.2) is 0 Å². The zero-order chi connectivity index (χ0) is 14.8. The minimum absolute atomic E-state index is 0.177. The smallest absolute Gasteiger partial charge is 0.266 e. The molecular formula is C15H16N2O2S2. The number of carbonyl (C=O) groups excluding carboxylic acids is 2. The lowest BCUT2D eigenvalue weighted by molar-refractivity contribution is 0.100. The summed E-state index contributed by atoms with van der Waals surface area (Å²) < 4.78 is 0. The fourth-order valence-corrected chi connectivity index (χ4v) is 4.57. The molecule has 1 aliphatic carbocycles. The third-order valence-electron chi connectivity index (χ3n) is 3.64. The van der Waals surface area contributed by atoms with E-state index in [0.717, 1.165) is 31.2 Å². The summed E-state index contributed by atoms with van der Waals surface area (Å²) in [5.74, 6) is -0.625. The summed E-state index contributed by atoms with van der Waals surface area (Å²) in [4.78, 5) is 25.8. The first-order valence-corrected chi connectivity index (χ1v) is 8.65. The van der Waals surface area contributed by atoms with E-state index in [1.54, 1.807) is 6.07 Å². The largest absolute Gasteiger partial charge is 0.365 e. The molecule has 0 unspecified atom stereocenters. The molecular weight excluding hydrogens is 304 g/mol. The normalized spacial score (nSPS) is 14.3. The summed E-state index contributed by atoms with van der Waals surface area (Å²) >= 11 is 2.88. The van der Waals surface area contributed by atoms with E-state index in [1.807, 2.05) is 11.4 Å². The molecule has 0 aromatic carbocycles. The molecule has 2 aromatic rings. The van der Waals surface area contributed by atoms with E-state index >= 15 is 0 Å². The average Bonchev–Trinajstić information content (AvgIpc) is 3.02. The van der Waals surface area contributed by atoms with E-state index in [9.17, 15) is 9.59 Å². The maximum absolute atomic E-state index is 12.2. The molecule has 0 bridgehead atoms. The molecule has 0 saturated heterocycles. The maximum atomic E-state index is 12.2. The number of hydrogen-bond donors (Lipinski definition) is 2. The van der Waals surface area contributed by atoms with E-state index in [4.69, 9.17) is 5.73 Å². The number of aryl methyl sites for hydroxylation is 1. The van der Waals surface area contributed by atoms with Crippen LogP contribution in [-0.2, 0) is 12.8 Å². The van der Waals surface area contributed by atoms with Crippen molar-refractivity contribution in [1.82, 2.24) is 0 Å². The Morgan fingerprint density at radius 3 is 2.71 bits per heavy atom. The highest BCUT2D eigenvalue weighted by molar-refractivity contribution is 7.17. The molecule has 1 aliphatic rings. The van der Waals surface area contributed by atoms with Crippen LogP contribution in [0.15, 0.2) is 17.5 Å². The number of fused-ring (bicyclic) bond motifs is 1. The van der Waals surface area contributed by atoms with Gasteiger partial charge < -0.3 is 11.1 Å². The van der Waals surface area contributed by atoms with Gasteiger partial charge in [0.2, 0.25) is 0 Å². The number of primary amides is 1. The quantitative estimate of drug-likeness (QED) is 0.850. The van der Waals surface area contributed by atoms with Gasteiger partial charge >= 0.3 is 0 Å². The van der Waals surface area contributed by atoms with Gasteiger partial charge in [-0.1, -0.05) is 12.5 Å². The van der Waals surface area contributed by atoms with Gasteiger partial charge in [-0.25, -0.2) is 0 Å². The summed E-state index contributed by atoms with van der Waals surface area (Å²) in [5.41, 5.74) is 7.11. The molecule has 0 atom stereocenters. The lowest BCUT2D eigenvalue weighted by Gasteiger charge is -2.05. The Kier molecular flexibility index (Phi) is 4.07. The van der Waals surface area contributed by atoms with Crippen molar-refractivity contribution in [3.8, 4) is 0 Å². The Hall–Kier alpha value is -1.66. The van der Waals surface area contributed by atoms with Crippen molar-refractivity contribution in [2.24, 2.45) is 5.73 Å². The van der Waals surface area contributed by atoms with Crippen molar-refractivity contribution in [2.45, 2.75) is 32.1 Å². The second kappa shape index (κ2) is 5.99. The van der Waals surface area contributed by atoms with Crippen LogP contribution in [0.1, 0.15) is 49.7 Å². The first kappa shape index (κ1) is 14.3. The Morgan fingerprint density at radius 1 is 1.19 bits per heavy atom. The van der Waals surface area contributed by atoms with Crippen LogP contribution in [0.3, 0.4) is 0 Å². The summed E-state index contributed by atoms with van der Waals surface area (Å²) in [6, 6.07) is 3.60. The number of nitrogens with two attached hydrogens (primary N) is 1. The molecule has 0 saturated carbocycles. The van der Waals surface area contributed by atoms with Crippen molar-refractivity contribution < 1.29 is 9.59 Å². The zero-order valence-electron chi connectivity index (χ0n) is 11.5. The Labute approximate surface area is 131 Å². The second-order valence-corrected chi connectivity index (χ2v) is 7.12. The number of amides is 2. The summed E-state index contributed by atoms with van der Waals surface area (Å²) in [6.07, 6.45) is 5.22. The highest BCUT2D eigenvalue weighted by Crippen LogP contribution is 2.37. The first-order chi connectivity index (χ1) is 10.2. The van der Waals surface area contributed by atoms with Gasteiger partial charge in [-0.2, -0.15) is 0 Å². The number of carbonyl (C=O) groups is 2. The molecule has 0 aliphatic heterocycles. The zero-order valence-corrected chi connectivity index (χ0v) is 13.1. The van der Waals surface area contributed by atoms with Crippen molar-refractivity contribution in [3.05, 3.63) is 38.4 Å². The molecule has 3 N–H and O–H groups in total. The number of thiophene rings is 2. The van der Waals surface area contributed by atoms with Crippen LogP contribution in [0.25, 0.3) is 0 Å². The minimum atomic E-state index is -0.448. The van der Waals surface area contributed by atoms with E-state index < -0.39 is 5.91 Å². The molecule has 21 heavy (non-hydrogen) atoms. The topological polar surface area (TPSA) is 72.2 Å². The van der Waals surface area contributed by atoms with Crippen LogP contribution in [0.5, 0.6) is 0 Å². The fourth-order valence-electron chi connectivity index (χ4n) is 2.66. The fraction of sp³-hybridized carbons (Fsp3) is 0.333. The van der Waals surface area contributed by atoms with Crippen molar-refractivity contribution in [2.75, 3.05) is 5.32 Å². The Bertz CT molecular complexity index is 674. The van der Waals surface area contributed by atoms with Gasteiger partial charge in [-0.05, 0) is 42.7 Å². The molecule has 3 rings (SSSR count). The molecule has 2 heterocycles. The molecule has 2 aromatic heterocycles. The third-order valence-corrected chi connectivity index (χ3v) is 5.72. The number of hydrogen-bond acceptors (Lipinski definition) is 4. The predicted octanol–water partition coefficient (Wildman–Crippen LogP) is 3.43. The Balaban J connectivity index is 1.95. The SMILES string of the molecule is NC(=O)c1c(NC(=O)c2cccs2)sc2c1CCCCC2. The molecule has 110 valence electrons. The van der Waals surface area contributed by atoms with Crippen molar-refractivity contribution in [1.29, 1.82) is 0 Å².